The summed E-state index contributed by atoms with van der Waals surface area (Å²) in [6.45, 7) is 11.1. The van der Waals surface area contributed by atoms with Gasteiger partial charge in [0.15, 0.2) is 19.6 Å². The van der Waals surface area contributed by atoms with Crippen LogP contribution in [-0.4, -0.2) is 50.1 Å². The van der Waals surface area contributed by atoms with Crippen molar-refractivity contribution in [2.75, 3.05) is 19.4 Å². The highest BCUT2D eigenvalue weighted by atomic mass is 32.2. The summed E-state index contributed by atoms with van der Waals surface area (Å²) in [7, 11) is -2.19. The molecule has 2 N–H and O–H groups in total. The molecular weight excluding hydrogens is 380 g/mol. The van der Waals surface area contributed by atoms with Gasteiger partial charge in [-0.1, -0.05) is 44.7 Å². The Bertz CT molecular complexity index is 686. The number of amidine groups is 1. The van der Waals surface area contributed by atoms with Crippen LogP contribution in [0.4, 0.5) is 0 Å². The maximum Gasteiger partial charge on any atom is 0.335 e. The number of hydrogen-bond acceptors (Lipinski definition) is 6. The van der Waals surface area contributed by atoms with Crippen LogP contribution in [0.5, 0.6) is 5.75 Å². The Balaban J connectivity index is 1.97. The molecule has 0 saturated heterocycles. The van der Waals surface area contributed by atoms with Gasteiger partial charge in [-0.25, -0.2) is 4.79 Å². The van der Waals surface area contributed by atoms with Crippen LogP contribution in [0.25, 0.3) is 0 Å². The Kier molecular flexibility index (Phi) is 6.99. The van der Waals surface area contributed by atoms with Gasteiger partial charge in [0.25, 0.3) is 0 Å². The highest BCUT2D eigenvalue weighted by Crippen LogP contribution is 2.37. The molecule has 0 saturated carbocycles. The van der Waals surface area contributed by atoms with Crippen LogP contribution in [0.3, 0.4) is 0 Å². The first-order valence-electron chi connectivity index (χ1n) is 9.02. The van der Waals surface area contributed by atoms with Gasteiger partial charge < -0.3 is 19.6 Å². The second-order valence-corrected chi connectivity index (χ2v) is 13.7. The molecule has 2 atom stereocenters. The Morgan fingerprint density at radius 3 is 2.48 bits per heavy atom. The predicted octanol–water partition coefficient (Wildman–Crippen LogP) is 3.90. The van der Waals surface area contributed by atoms with E-state index in [1.807, 2.05) is 43.6 Å². The lowest BCUT2D eigenvalue weighted by Gasteiger charge is -2.38. The zero-order valence-corrected chi connectivity index (χ0v) is 18.7. The van der Waals surface area contributed by atoms with Crippen molar-refractivity contribution in [3.63, 3.8) is 0 Å². The van der Waals surface area contributed by atoms with Crippen molar-refractivity contribution in [1.82, 2.24) is 5.32 Å². The van der Waals surface area contributed by atoms with Crippen LogP contribution in [0.15, 0.2) is 29.3 Å². The van der Waals surface area contributed by atoms with Crippen molar-refractivity contribution in [3.8, 4) is 5.75 Å². The van der Waals surface area contributed by atoms with Crippen LogP contribution in [-0.2, 0) is 9.22 Å². The summed E-state index contributed by atoms with van der Waals surface area (Å²) in [4.78, 5) is 16.2. The van der Waals surface area contributed by atoms with E-state index in [1.165, 1.54) is 0 Å². The molecule has 0 unspecified atom stereocenters. The highest BCUT2D eigenvalue weighted by Gasteiger charge is 2.41. The van der Waals surface area contributed by atoms with Crippen molar-refractivity contribution in [3.05, 3.63) is 29.8 Å². The molecule has 8 heteroatoms. The molecule has 0 fully saturated rings. The number of rotatable bonds is 7. The van der Waals surface area contributed by atoms with Crippen molar-refractivity contribution in [2.24, 2.45) is 4.99 Å². The number of nitrogens with zero attached hydrogens (tertiary/aromatic N) is 1. The van der Waals surface area contributed by atoms with Gasteiger partial charge in [0.1, 0.15) is 12.4 Å². The first-order valence-corrected chi connectivity index (χ1v) is 13.2. The largest absolute Gasteiger partial charge is 0.490 e. The average molecular weight is 411 g/mol. The minimum atomic E-state index is -2.19. The third-order valence-electron chi connectivity index (χ3n) is 5.10. The molecule has 1 aliphatic heterocycles. The molecule has 27 heavy (non-hydrogen) atoms. The Labute approximate surface area is 166 Å². The molecule has 0 aromatic heterocycles. The topological polar surface area (TPSA) is 80.2 Å². The zero-order valence-electron chi connectivity index (χ0n) is 16.9. The molecular formula is C19H30N2O4SSi. The monoisotopic (exact) mass is 410 g/mol. The molecule has 0 spiro atoms. The van der Waals surface area contributed by atoms with E-state index in [9.17, 15) is 9.90 Å². The van der Waals surface area contributed by atoms with E-state index in [1.54, 1.807) is 11.8 Å². The van der Waals surface area contributed by atoms with Gasteiger partial charge in [0, 0.05) is 6.54 Å². The SMILES string of the molecule is CSC1=N[C@@H](c2ccc(OC[C@@H](O[Si](C)(C)C(C)(C)C)C(=O)O)cc2)CN1. The number of carbonyl (C=O) groups is 1. The highest BCUT2D eigenvalue weighted by molar-refractivity contribution is 8.13. The fraction of sp³-hybridized carbons (Fsp3) is 0.579. The number of carboxylic acid groups (broad SMARTS) is 1. The normalized spacial score (nSPS) is 18.6. The molecule has 6 nitrogen and oxygen atoms in total. The Morgan fingerprint density at radius 2 is 2.00 bits per heavy atom. The van der Waals surface area contributed by atoms with Crippen molar-refractivity contribution in [2.45, 2.75) is 51.0 Å². The Morgan fingerprint density at radius 1 is 1.37 bits per heavy atom. The molecule has 0 radical (unpaired) electrons. The minimum Gasteiger partial charge on any atom is -0.490 e. The van der Waals surface area contributed by atoms with Crippen LogP contribution in [0.1, 0.15) is 32.4 Å². The number of aliphatic carboxylic acids is 1. The average Bonchev–Trinajstić information content (AvgIpc) is 3.07. The van der Waals surface area contributed by atoms with Gasteiger partial charge in [0.05, 0.1) is 6.04 Å². The van der Waals surface area contributed by atoms with E-state index < -0.39 is 20.4 Å². The summed E-state index contributed by atoms with van der Waals surface area (Å²) in [6.07, 6.45) is 1.02. The summed E-state index contributed by atoms with van der Waals surface area (Å²) < 4.78 is 11.7. The van der Waals surface area contributed by atoms with Gasteiger partial charge in [-0.05, 0) is 42.1 Å². The zero-order chi connectivity index (χ0) is 20.2. The van der Waals surface area contributed by atoms with E-state index in [0.717, 1.165) is 17.3 Å². The number of thioether (sulfide) groups is 1. The third kappa shape index (κ3) is 5.73. The first kappa shape index (κ1) is 21.8. The Hall–Kier alpha value is -1.51. The number of benzene rings is 1. The lowest BCUT2D eigenvalue weighted by atomic mass is 10.1. The maximum absolute atomic E-state index is 11.6. The van der Waals surface area contributed by atoms with Crippen LogP contribution < -0.4 is 10.1 Å². The fourth-order valence-corrected chi connectivity index (χ4v) is 4.07. The van der Waals surface area contributed by atoms with Gasteiger partial charge in [-0.15, -0.1) is 0 Å². The summed E-state index contributed by atoms with van der Waals surface area (Å²) in [5.74, 6) is -0.365. The minimum absolute atomic E-state index is 0.0129. The van der Waals surface area contributed by atoms with E-state index in [-0.39, 0.29) is 17.7 Å². The summed E-state index contributed by atoms with van der Waals surface area (Å²) in [6, 6.07) is 7.76. The van der Waals surface area contributed by atoms with Gasteiger partial charge in [0.2, 0.25) is 0 Å². The molecule has 1 aliphatic rings. The van der Waals surface area contributed by atoms with Crippen molar-refractivity contribution >= 4 is 31.2 Å². The molecule has 2 rings (SSSR count). The first-order chi connectivity index (χ1) is 12.5. The van der Waals surface area contributed by atoms with Crippen LogP contribution in [0, 0.1) is 0 Å². The van der Waals surface area contributed by atoms with Crippen LogP contribution in [0.2, 0.25) is 18.1 Å². The van der Waals surface area contributed by atoms with Crippen LogP contribution >= 0.6 is 11.8 Å². The second kappa shape index (κ2) is 8.66. The summed E-state index contributed by atoms with van der Waals surface area (Å²) in [5.41, 5.74) is 1.10. The molecule has 0 bridgehead atoms. The maximum atomic E-state index is 11.6. The molecule has 1 aromatic rings. The van der Waals surface area contributed by atoms with E-state index in [4.69, 9.17) is 9.16 Å². The molecule has 150 valence electrons. The molecule has 0 amide bonds. The fourth-order valence-electron chi connectivity index (χ4n) is 2.38. The summed E-state index contributed by atoms with van der Waals surface area (Å²) in [5, 5.41) is 13.7. The number of carboxylic acids is 1. The van der Waals surface area contributed by atoms with Gasteiger partial charge >= 0.3 is 5.97 Å². The van der Waals surface area contributed by atoms with Crippen molar-refractivity contribution in [1.29, 1.82) is 0 Å². The smallest absolute Gasteiger partial charge is 0.335 e. The number of aliphatic imine (C=N–C) groups is 1. The van der Waals surface area contributed by atoms with E-state index in [0.29, 0.717) is 5.75 Å². The molecule has 1 heterocycles. The number of hydrogen-bond donors (Lipinski definition) is 2. The molecule has 0 aliphatic carbocycles. The lowest BCUT2D eigenvalue weighted by molar-refractivity contribution is -0.147. The quantitative estimate of drug-likeness (QED) is 0.664. The second-order valence-electron chi connectivity index (χ2n) is 8.12. The number of ether oxygens (including phenoxy) is 1. The number of nitrogens with one attached hydrogen (secondary N) is 1. The lowest BCUT2D eigenvalue weighted by Crippen LogP contribution is -2.47. The summed E-state index contributed by atoms with van der Waals surface area (Å²) >= 11 is 1.60. The van der Waals surface area contributed by atoms with Crippen molar-refractivity contribution < 1.29 is 19.1 Å². The third-order valence-corrected chi connectivity index (χ3v) is 10.2. The van der Waals surface area contributed by atoms with E-state index in [2.05, 4.69) is 31.1 Å². The standard InChI is InChI=1S/C19H30N2O4SSi/c1-19(2,3)27(5,6)25-16(17(22)23)12-24-14-9-7-13(8-10-14)15-11-20-18(21-15)26-4/h7-10,15-16H,11-12H2,1-6H3,(H,20,21)(H,22,23)/t15-,16-/m1/s1. The van der Waals surface area contributed by atoms with Gasteiger partial charge in [-0.2, -0.15) is 0 Å². The van der Waals surface area contributed by atoms with Gasteiger partial charge in [-0.3, -0.25) is 4.99 Å². The predicted molar refractivity (Wildman–Crippen MR) is 113 cm³/mol. The van der Waals surface area contributed by atoms with E-state index >= 15 is 0 Å². The molecule has 1 aromatic carbocycles.